The molecule has 3 aromatic rings. The lowest BCUT2D eigenvalue weighted by Gasteiger charge is -2.38. The van der Waals surface area contributed by atoms with Crippen molar-refractivity contribution in [3.05, 3.63) is 77.6 Å². The predicted molar refractivity (Wildman–Crippen MR) is 111 cm³/mol. The van der Waals surface area contributed by atoms with Crippen LogP contribution < -0.4 is 0 Å². The molecule has 1 aliphatic rings. The summed E-state index contributed by atoms with van der Waals surface area (Å²) in [5.74, 6) is 0.190. The van der Waals surface area contributed by atoms with Gasteiger partial charge in [0, 0.05) is 35.6 Å². The molecule has 0 aliphatic heterocycles. The van der Waals surface area contributed by atoms with Gasteiger partial charge in [0.2, 0.25) is 0 Å². The molecule has 5 heteroatoms. The molecule has 1 aromatic carbocycles. The Morgan fingerprint density at radius 2 is 1.57 bits per heavy atom. The average Bonchev–Trinajstić information content (AvgIpc) is 2.76. The molecular weight excluding hydrogens is 370 g/mol. The Balaban J connectivity index is 1.66. The van der Waals surface area contributed by atoms with Crippen molar-refractivity contribution >= 4 is 11.6 Å². The molecule has 0 amide bonds. The number of hydrogen-bond donors (Lipinski definition) is 1. The molecule has 1 unspecified atom stereocenters. The van der Waals surface area contributed by atoms with Crippen LogP contribution in [-0.2, 0) is 12.0 Å². The first kappa shape index (κ1) is 19.0. The summed E-state index contributed by atoms with van der Waals surface area (Å²) in [6.07, 6.45) is 13.0. The van der Waals surface area contributed by atoms with Crippen molar-refractivity contribution in [2.75, 3.05) is 0 Å². The minimum absolute atomic E-state index is 0.190. The fourth-order valence-corrected chi connectivity index (χ4v) is 4.35. The van der Waals surface area contributed by atoms with Crippen LogP contribution in [0.15, 0.2) is 61.3 Å². The molecule has 1 fully saturated rings. The van der Waals surface area contributed by atoms with Gasteiger partial charge in [-0.05, 0) is 48.1 Å². The van der Waals surface area contributed by atoms with E-state index in [4.69, 9.17) is 16.6 Å². The number of aromatic nitrogens is 3. The number of aliphatic hydroxyl groups is 1. The van der Waals surface area contributed by atoms with Crippen LogP contribution in [0.1, 0.15) is 43.4 Å². The third-order valence-corrected chi connectivity index (χ3v) is 6.00. The van der Waals surface area contributed by atoms with Crippen LogP contribution in [0, 0.1) is 5.92 Å². The molecule has 28 heavy (non-hydrogen) atoms. The Labute approximate surface area is 170 Å². The van der Waals surface area contributed by atoms with E-state index in [0.717, 1.165) is 48.1 Å². The molecule has 0 spiro atoms. The molecule has 2 heterocycles. The van der Waals surface area contributed by atoms with Crippen LogP contribution in [-0.4, -0.2) is 20.1 Å². The van der Waals surface area contributed by atoms with E-state index in [1.54, 1.807) is 12.4 Å². The van der Waals surface area contributed by atoms with Gasteiger partial charge >= 0.3 is 0 Å². The van der Waals surface area contributed by atoms with E-state index in [9.17, 15) is 5.11 Å². The van der Waals surface area contributed by atoms with E-state index in [1.165, 1.54) is 12.7 Å². The van der Waals surface area contributed by atoms with Crippen molar-refractivity contribution in [2.24, 2.45) is 5.92 Å². The maximum Gasteiger partial charge on any atom is 0.115 e. The number of nitrogens with zero attached hydrogens (tertiary/aromatic N) is 3. The minimum atomic E-state index is -1.01. The first-order valence-electron chi connectivity index (χ1n) is 9.84. The van der Waals surface area contributed by atoms with Gasteiger partial charge in [0.1, 0.15) is 11.9 Å². The van der Waals surface area contributed by atoms with Crippen molar-refractivity contribution in [3.63, 3.8) is 0 Å². The third kappa shape index (κ3) is 4.08. The zero-order valence-corrected chi connectivity index (χ0v) is 16.5. The first-order chi connectivity index (χ1) is 13.6. The van der Waals surface area contributed by atoms with Gasteiger partial charge < -0.3 is 5.11 Å². The lowest BCUT2D eigenvalue weighted by atomic mass is 9.72. The highest BCUT2D eigenvalue weighted by atomic mass is 35.5. The fraction of sp³-hybridized carbons (Fsp3) is 0.348. The van der Waals surface area contributed by atoms with E-state index in [2.05, 4.69) is 9.97 Å². The van der Waals surface area contributed by atoms with Crippen molar-refractivity contribution in [1.82, 2.24) is 15.0 Å². The Hall–Kier alpha value is -2.30. The molecule has 4 nitrogen and oxygen atoms in total. The second-order valence-corrected chi connectivity index (χ2v) is 8.06. The topological polar surface area (TPSA) is 58.9 Å². The lowest BCUT2D eigenvalue weighted by Crippen LogP contribution is -2.39. The molecule has 1 saturated carbocycles. The maximum absolute atomic E-state index is 11.8. The molecule has 1 aliphatic carbocycles. The Morgan fingerprint density at radius 1 is 0.893 bits per heavy atom. The highest BCUT2D eigenvalue weighted by Gasteiger charge is 2.40. The van der Waals surface area contributed by atoms with Gasteiger partial charge in [-0.3, -0.25) is 4.98 Å². The molecule has 0 saturated heterocycles. The number of hydrogen-bond acceptors (Lipinski definition) is 4. The van der Waals surface area contributed by atoms with E-state index in [0.29, 0.717) is 11.4 Å². The number of benzene rings is 1. The van der Waals surface area contributed by atoms with Crippen molar-refractivity contribution in [3.8, 4) is 11.1 Å². The normalized spacial score (nSPS) is 17.2. The van der Waals surface area contributed by atoms with Gasteiger partial charge in [-0.15, -0.1) is 0 Å². The van der Waals surface area contributed by atoms with E-state index >= 15 is 0 Å². The summed E-state index contributed by atoms with van der Waals surface area (Å²) < 4.78 is 0. The van der Waals surface area contributed by atoms with Crippen molar-refractivity contribution in [1.29, 1.82) is 0 Å². The highest BCUT2D eigenvalue weighted by Crippen LogP contribution is 2.41. The quantitative estimate of drug-likeness (QED) is 0.647. The number of halogens is 1. The summed E-state index contributed by atoms with van der Waals surface area (Å²) in [5.41, 5.74) is 2.71. The summed E-state index contributed by atoms with van der Waals surface area (Å²) in [6, 6.07) is 11.7. The third-order valence-electron chi connectivity index (χ3n) is 5.75. The second-order valence-electron chi connectivity index (χ2n) is 7.62. The SMILES string of the molecule is OC(Cc1cncnc1)(c1ccc(-c2ccc(Cl)cc2)cn1)C1CCCCC1. The Kier molecular flexibility index (Phi) is 5.69. The van der Waals surface area contributed by atoms with Gasteiger partial charge in [0.25, 0.3) is 0 Å². The predicted octanol–water partition coefficient (Wildman–Crippen LogP) is 5.20. The zero-order chi connectivity index (χ0) is 19.4. The molecule has 0 radical (unpaired) electrons. The number of pyridine rings is 1. The molecule has 0 bridgehead atoms. The van der Waals surface area contributed by atoms with Crippen molar-refractivity contribution in [2.45, 2.75) is 44.1 Å². The smallest absolute Gasteiger partial charge is 0.115 e. The second kappa shape index (κ2) is 8.38. The van der Waals surface area contributed by atoms with Gasteiger partial charge in [0.15, 0.2) is 0 Å². The summed E-state index contributed by atoms with van der Waals surface area (Å²) in [7, 11) is 0. The van der Waals surface area contributed by atoms with E-state index < -0.39 is 5.60 Å². The summed E-state index contributed by atoms with van der Waals surface area (Å²) in [6.45, 7) is 0. The van der Waals surface area contributed by atoms with Crippen molar-refractivity contribution < 1.29 is 5.11 Å². The van der Waals surface area contributed by atoms with Crippen LogP contribution >= 0.6 is 11.6 Å². The van der Waals surface area contributed by atoms with E-state index in [-0.39, 0.29) is 5.92 Å². The monoisotopic (exact) mass is 393 g/mol. The zero-order valence-electron chi connectivity index (χ0n) is 15.8. The molecule has 4 rings (SSSR count). The first-order valence-corrected chi connectivity index (χ1v) is 10.2. The number of rotatable bonds is 5. The molecule has 1 N–H and O–H groups in total. The molecule has 2 aromatic heterocycles. The highest BCUT2D eigenvalue weighted by molar-refractivity contribution is 6.30. The van der Waals surface area contributed by atoms with Crippen LogP contribution in [0.25, 0.3) is 11.1 Å². The van der Waals surface area contributed by atoms with Gasteiger partial charge in [-0.1, -0.05) is 49.1 Å². The van der Waals surface area contributed by atoms with E-state index in [1.807, 2.05) is 42.6 Å². The van der Waals surface area contributed by atoms with Crippen LogP contribution in [0.4, 0.5) is 0 Å². The standard InChI is InChI=1S/C23H24ClN3O/c24-21-9-6-18(7-10-21)19-8-11-22(27-15-19)23(28,20-4-2-1-3-5-20)12-17-13-25-16-26-14-17/h6-11,13-16,20,28H,1-5,12H2. The van der Waals surface area contributed by atoms with Crippen LogP contribution in [0.3, 0.4) is 0 Å². The summed E-state index contributed by atoms with van der Waals surface area (Å²) >= 11 is 5.99. The molecule has 1 atom stereocenters. The Bertz CT molecular complexity index is 893. The summed E-state index contributed by atoms with van der Waals surface area (Å²) in [5, 5.41) is 12.5. The maximum atomic E-state index is 11.8. The van der Waals surface area contributed by atoms with Gasteiger partial charge in [0.05, 0.1) is 5.69 Å². The van der Waals surface area contributed by atoms with Gasteiger partial charge in [-0.2, -0.15) is 0 Å². The van der Waals surface area contributed by atoms with Crippen LogP contribution in [0.2, 0.25) is 5.02 Å². The summed E-state index contributed by atoms with van der Waals surface area (Å²) in [4.78, 5) is 12.9. The minimum Gasteiger partial charge on any atom is -0.383 e. The molecular formula is C23H24ClN3O. The van der Waals surface area contributed by atoms with Crippen LogP contribution in [0.5, 0.6) is 0 Å². The molecule has 144 valence electrons. The fourth-order valence-electron chi connectivity index (χ4n) is 4.22. The average molecular weight is 394 g/mol. The van der Waals surface area contributed by atoms with Gasteiger partial charge in [-0.25, -0.2) is 9.97 Å². The lowest BCUT2D eigenvalue weighted by molar-refractivity contribution is -0.0423. The largest absolute Gasteiger partial charge is 0.383 e. The Morgan fingerprint density at radius 3 is 2.21 bits per heavy atom.